The SMILES string of the molecule is Cc1cc(C(=O)COC(=O)c2ccc(N3CCC[C@@H](C)C3)c([N+](=O)[O-])c2)c(C)n1Cc1ccco1. The third-order valence-electron chi connectivity index (χ3n) is 6.51. The van der Waals surface area contributed by atoms with E-state index < -0.39 is 17.5 Å². The van der Waals surface area contributed by atoms with Crippen LogP contribution in [0.2, 0.25) is 0 Å². The minimum Gasteiger partial charge on any atom is -0.467 e. The van der Waals surface area contributed by atoms with Gasteiger partial charge in [0.2, 0.25) is 5.78 Å². The Morgan fingerprint density at radius 1 is 1.23 bits per heavy atom. The molecule has 0 radical (unpaired) electrons. The van der Waals surface area contributed by atoms with E-state index in [4.69, 9.17) is 9.15 Å². The van der Waals surface area contributed by atoms with Crippen LogP contribution in [-0.2, 0) is 11.3 Å². The second kappa shape index (κ2) is 10.2. The molecule has 4 rings (SSSR count). The van der Waals surface area contributed by atoms with Crippen LogP contribution in [0.1, 0.15) is 57.6 Å². The standard InChI is InChI=1S/C26H29N3O6/c1-17-6-4-10-27(14-17)23-9-8-20(13-24(23)29(32)33)26(31)35-16-25(30)22-12-18(2)28(19(22)3)15-21-7-5-11-34-21/h5,7-9,11-13,17H,4,6,10,14-16H2,1-3H3/t17-/m1/s1. The van der Waals surface area contributed by atoms with Crippen molar-refractivity contribution in [3.05, 3.63) is 81.1 Å². The maximum atomic E-state index is 12.8. The molecule has 0 saturated carbocycles. The van der Waals surface area contributed by atoms with E-state index in [2.05, 4.69) is 6.92 Å². The van der Waals surface area contributed by atoms with Crippen molar-refractivity contribution in [2.75, 3.05) is 24.6 Å². The lowest BCUT2D eigenvalue weighted by Gasteiger charge is -2.32. The number of furan rings is 1. The second-order valence-electron chi connectivity index (χ2n) is 9.10. The van der Waals surface area contributed by atoms with Gasteiger partial charge in [0, 0.05) is 36.1 Å². The molecule has 0 bridgehead atoms. The third-order valence-corrected chi connectivity index (χ3v) is 6.51. The number of hydrogen-bond donors (Lipinski definition) is 0. The van der Waals surface area contributed by atoms with Gasteiger partial charge in [-0.2, -0.15) is 0 Å². The molecule has 1 fully saturated rings. The number of aryl methyl sites for hydroxylation is 1. The summed E-state index contributed by atoms with van der Waals surface area (Å²) in [4.78, 5) is 38.7. The molecule has 1 aromatic carbocycles. The highest BCUT2D eigenvalue weighted by Gasteiger charge is 2.26. The molecular weight excluding hydrogens is 450 g/mol. The summed E-state index contributed by atoms with van der Waals surface area (Å²) in [6.07, 6.45) is 3.65. The normalized spacial score (nSPS) is 15.7. The highest BCUT2D eigenvalue weighted by Crippen LogP contribution is 2.32. The van der Waals surface area contributed by atoms with E-state index in [0.717, 1.165) is 43.1 Å². The number of piperidine rings is 1. The Bertz CT molecular complexity index is 1240. The van der Waals surface area contributed by atoms with Crippen LogP contribution in [0.15, 0.2) is 47.1 Å². The van der Waals surface area contributed by atoms with Gasteiger partial charge in [0.05, 0.1) is 23.3 Å². The molecule has 184 valence electrons. The first-order valence-corrected chi connectivity index (χ1v) is 11.7. The highest BCUT2D eigenvalue weighted by molar-refractivity contribution is 6.00. The zero-order chi connectivity index (χ0) is 25.1. The van der Waals surface area contributed by atoms with Gasteiger partial charge in [-0.15, -0.1) is 0 Å². The summed E-state index contributed by atoms with van der Waals surface area (Å²) in [5, 5.41) is 11.7. The Hall–Kier alpha value is -3.88. The molecule has 2 aromatic heterocycles. The van der Waals surface area contributed by atoms with E-state index >= 15 is 0 Å². The van der Waals surface area contributed by atoms with Crippen LogP contribution in [0.25, 0.3) is 0 Å². The molecule has 1 aliphatic heterocycles. The van der Waals surface area contributed by atoms with Gasteiger partial charge in [0.25, 0.3) is 5.69 Å². The quantitative estimate of drug-likeness (QED) is 0.195. The summed E-state index contributed by atoms with van der Waals surface area (Å²) < 4.78 is 12.6. The van der Waals surface area contributed by atoms with Crippen molar-refractivity contribution in [3.8, 4) is 0 Å². The Labute approximate surface area is 203 Å². The average Bonchev–Trinajstić information content (AvgIpc) is 3.45. The molecule has 3 heterocycles. The summed E-state index contributed by atoms with van der Waals surface area (Å²) in [5.41, 5.74) is 2.49. The zero-order valence-corrected chi connectivity index (χ0v) is 20.2. The fourth-order valence-electron chi connectivity index (χ4n) is 4.65. The molecule has 1 atom stereocenters. The minimum atomic E-state index is -0.774. The maximum absolute atomic E-state index is 12.8. The number of nitrogens with zero attached hydrogens (tertiary/aromatic N) is 3. The number of Topliss-reactive ketones (excluding diaryl/α,β-unsaturated/α-hetero) is 1. The molecular formula is C26H29N3O6. The van der Waals surface area contributed by atoms with E-state index in [9.17, 15) is 19.7 Å². The van der Waals surface area contributed by atoms with Crippen LogP contribution in [0.3, 0.4) is 0 Å². The van der Waals surface area contributed by atoms with Gasteiger partial charge in [-0.05, 0) is 62.9 Å². The lowest BCUT2D eigenvalue weighted by molar-refractivity contribution is -0.384. The van der Waals surface area contributed by atoms with Crippen molar-refractivity contribution in [2.24, 2.45) is 5.92 Å². The van der Waals surface area contributed by atoms with Gasteiger partial charge in [-0.3, -0.25) is 14.9 Å². The summed E-state index contributed by atoms with van der Waals surface area (Å²) in [7, 11) is 0. The summed E-state index contributed by atoms with van der Waals surface area (Å²) >= 11 is 0. The van der Waals surface area contributed by atoms with E-state index in [-0.39, 0.29) is 17.0 Å². The largest absolute Gasteiger partial charge is 0.467 e. The van der Waals surface area contributed by atoms with Gasteiger partial charge in [-0.1, -0.05) is 6.92 Å². The summed E-state index contributed by atoms with van der Waals surface area (Å²) in [5.74, 6) is 0.0938. The first-order chi connectivity index (χ1) is 16.7. The Kier molecular flexibility index (Phi) is 7.04. The first kappa shape index (κ1) is 24.3. The maximum Gasteiger partial charge on any atom is 0.338 e. The topological polar surface area (TPSA) is 108 Å². The second-order valence-corrected chi connectivity index (χ2v) is 9.10. The number of nitro groups is 1. The number of aromatic nitrogens is 1. The molecule has 9 nitrogen and oxygen atoms in total. The van der Waals surface area contributed by atoms with E-state index in [1.165, 1.54) is 12.1 Å². The summed E-state index contributed by atoms with van der Waals surface area (Å²) in [6, 6.07) is 9.77. The molecule has 0 spiro atoms. The number of carbonyl (C=O) groups is 2. The van der Waals surface area contributed by atoms with Crippen molar-refractivity contribution in [1.82, 2.24) is 4.57 Å². The Balaban J connectivity index is 1.45. The zero-order valence-electron chi connectivity index (χ0n) is 20.2. The molecule has 35 heavy (non-hydrogen) atoms. The molecule has 1 saturated heterocycles. The smallest absolute Gasteiger partial charge is 0.338 e. The molecule has 0 unspecified atom stereocenters. The minimum absolute atomic E-state index is 0.0431. The van der Waals surface area contributed by atoms with Crippen LogP contribution in [0, 0.1) is 29.9 Å². The van der Waals surface area contributed by atoms with E-state index in [1.54, 1.807) is 24.5 Å². The van der Waals surface area contributed by atoms with Gasteiger partial charge in [-0.25, -0.2) is 4.79 Å². The van der Waals surface area contributed by atoms with Crippen LogP contribution in [0.4, 0.5) is 11.4 Å². The number of anilines is 1. The van der Waals surface area contributed by atoms with E-state index in [0.29, 0.717) is 23.7 Å². The molecule has 9 heteroatoms. The number of benzene rings is 1. The number of carbonyl (C=O) groups excluding carboxylic acids is 2. The molecule has 0 aliphatic carbocycles. The van der Waals surface area contributed by atoms with Crippen molar-refractivity contribution < 1.29 is 23.7 Å². The van der Waals surface area contributed by atoms with Crippen LogP contribution in [0.5, 0.6) is 0 Å². The predicted octanol–water partition coefficient (Wildman–Crippen LogP) is 4.93. The number of nitro benzene ring substituents is 1. The molecule has 3 aromatic rings. The molecule has 0 amide bonds. The lowest BCUT2D eigenvalue weighted by atomic mass is 9.99. The van der Waals surface area contributed by atoms with Crippen molar-refractivity contribution in [2.45, 2.75) is 40.2 Å². The van der Waals surface area contributed by atoms with Crippen LogP contribution < -0.4 is 4.90 Å². The van der Waals surface area contributed by atoms with Crippen molar-refractivity contribution >= 4 is 23.1 Å². The van der Waals surface area contributed by atoms with Gasteiger partial charge < -0.3 is 18.6 Å². The molecule has 1 aliphatic rings. The number of ketones is 1. The third kappa shape index (κ3) is 5.29. The molecule has 0 N–H and O–H groups in total. The fourth-order valence-corrected chi connectivity index (χ4v) is 4.65. The van der Waals surface area contributed by atoms with Crippen LogP contribution >= 0.6 is 0 Å². The fraction of sp³-hybridized carbons (Fsp3) is 0.385. The monoisotopic (exact) mass is 479 g/mol. The number of rotatable bonds is 8. The predicted molar refractivity (Wildman–Crippen MR) is 130 cm³/mol. The van der Waals surface area contributed by atoms with Crippen molar-refractivity contribution in [3.63, 3.8) is 0 Å². The number of esters is 1. The van der Waals surface area contributed by atoms with Crippen molar-refractivity contribution in [1.29, 1.82) is 0 Å². The van der Waals surface area contributed by atoms with Crippen LogP contribution in [-0.4, -0.2) is 40.9 Å². The lowest BCUT2D eigenvalue weighted by Crippen LogP contribution is -2.34. The Morgan fingerprint density at radius 2 is 2.03 bits per heavy atom. The van der Waals surface area contributed by atoms with E-state index in [1.807, 2.05) is 29.4 Å². The number of ether oxygens (including phenoxy) is 1. The summed E-state index contributed by atoms with van der Waals surface area (Å²) in [6.45, 7) is 7.35. The first-order valence-electron chi connectivity index (χ1n) is 11.7. The van der Waals surface area contributed by atoms with Gasteiger partial charge in [0.1, 0.15) is 11.4 Å². The Morgan fingerprint density at radius 3 is 2.71 bits per heavy atom. The average molecular weight is 480 g/mol. The highest BCUT2D eigenvalue weighted by atomic mass is 16.6. The van der Waals surface area contributed by atoms with Gasteiger partial charge in [0.15, 0.2) is 6.61 Å². The number of hydrogen-bond acceptors (Lipinski definition) is 7. The van der Waals surface area contributed by atoms with Gasteiger partial charge >= 0.3 is 5.97 Å².